The smallest absolute Gasteiger partial charge is 0.0595 e. The number of nitrogens with one attached hydrogen (secondary N) is 1. The lowest BCUT2D eigenvalue weighted by molar-refractivity contribution is 0.389. The summed E-state index contributed by atoms with van der Waals surface area (Å²) in [7, 11) is 0. The van der Waals surface area contributed by atoms with E-state index in [1.807, 2.05) is 18.2 Å². The topological polar surface area (TPSA) is 12.0 Å². The molecule has 0 radical (unpaired) electrons. The number of hydrogen-bond donors (Lipinski definition) is 1. The monoisotopic (exact) mass is 259 g/mol. The lowest BCUT2D eigenvalue weighted by Gasteiger charge is -2.23. The number of rotatable bonds is 4. The highest BCUT2D eigenvalue weighted by atomic mass is 35.5. The van der Waals surface area contributed by atoms with Gasteiger partial charge in [0, 0.05) is 12.1 Å². The van der Waals surface area contributed by atoms with Gasteiger partial charge >= 0.3 is 0 Å². The van der Waals surface area contributed by atoms with Crippen molar-refractivity contribution >= 4 is 23.2 Å². The van der Waals surface area contributed by atoms with Gasteiger partial charge in [-0.05, 0) is 37.5 Å². The number of halogens is 2. The summed E-state index contributed by atoms with van der Waals surface area (Å²) in [4.78, 5) is 0. The second-order valence-electron chi connectivity index (χ2n) is 4.59. The molecule has 0 aliphatic carbocycles. The van der Waals surface area contributed by atoms with E-state index < -0.39 is 0 Å². The standard InChI is InChI=1S/C13H19Cl2N/c1-8(2)9(3)16-10(4)11-5-6-12(14)13(15)7-11/h5-10,16H,1-4H3. The molecule has 0 aliphatic heterocycles. The molecule has 1 aromatic carbocycles. The van der Waals surface area contributed by atoms with Crippen molar-refractivity contribution in [3.8, 4) is 0 Å². The lowest BCUT2D eigenvalue weighted by Crippen LogP contribution is -2.32. The third kappa shape index (κ3) is 3.65. The largest absolute Gasteiger partial charge is 0.307 e. The Bertz CT molecular complexity index is 350. The van der Waals surface area contributed by atoms with Crippen LogP contribution < -0.4 is 5.32 Å². The normalized spacial score (nSPS) is 15.2. The Morgan fingerprint density at radius 2 is 1.62 bits per heavy atom. The molecule has 0 bridgehead atoms. The first kappa shape index (κ1) is 13.8. The van der Waals surface area contributed by atoms with E-state index in [0.29, 0.717) is 22.0 Å². The van der Waals surface area contributed by atoms with Gasteiger partial charge in [0.05, 0.1) is 10.0 Å². The molecule has 0 saturated carbocycles. The first-order chi connectivity index (χ1) is 7.41. The van der Waals surface area contributed by atoms with E-state index in [2.05, 4.69) is 33.0 Å². The maximum absolute atomic E-state index is 6.00. The van der Waals surface area contributed by atoms with Gasteiger partial charge in [-0.25, -0.2) is 0 Å². The van der Waals surface area contributed by atoms with Crippen molar-refractivity contribution in [3.05, 3.63) is 33.8 Å². The molecule has 0 spiro atoms. The van der Waals surface area contributed by atoms with Crippen LogP contribution in [-0.4, -0.2) is 6.04 Å². The van der Waals surface area contributed by atoms with Crippen LogP contribution in [0.5, 0.6) is 0 Å². The Kier molecular flexibility index (Phi) is 5.10. The maximum atomic E-state index is 6.00. The third-order valence-corrected chi connectivity index (χ3v) is 3.70. The van der Waals surface area contributed by atoms with Crippen molar-refractivity contribution in [3.63, 3.8) is 0 Å². The fourth-order valence-corrected chi connectivity index (χ4v) is 1.77. The molecule has 0 aliphatic rings. The van der Waals surface area contributed by atoms with Gasteiger partial charge in [-0.15, -0.1) is 0 Å². The quantitative estimate of drug-likeness (QED) is 0.828. The first-order valence-corrected chi connectivity index (χ1v) is 6.38. The van der Waals surface area contributed by atoms with E-state index in [0.717, 1.165) is 0 Å². The average molecular weight is 260 g/mol. The molecule has 0 saturated heterocycles. The summed E-state index contributed by atoms with van der Waals surface area (Å²) in [5.41, 5.74) is 1.17. The second-order valence-corrected chi connectivity index (χ2v) is 5.41. The summed E-state index contributed by atoms with van der Waals surface area (Å²) < 4.78 is 0. The predicted molar refractivity (Wildman–Crippen MR) is 72.3 cm³/mol. The predicted octanol–water partition coefficient (Wildman–Crippen LogP) is 4.69. The van der Waals surface area contributed by atoms with Gasteiger partial charge < -0.3 is 5.32 Å². The van der Waals surface area contributed by atoms with Crippen LogP contribution in [0.2, 0.25) is 10.0 Å². The molecule has 0 fully saturated rings. The van der Waals surface area contributed by atoms with E-state index in [1.54, 1.807) is 0 Å². The van der Waals surface area contributed by atoms with Crippen LogP contribution in [0.15, 0.2) is 18.2 Å². The molecule has 0 aromatic heterocycles. The summed E-state index contributed by atoms with van der Waals surface area (Å²) >= 11 is 11.9. The van der Waals surface area contributed by atoms with Crippen molar-refractivity contribution in [1.29, 1.82) is 0 Å². The van der Waals surface area contributed by atoms with Crippen LogP contribution in [-0.2, 0) is 0 Å². The highest BCUT2D eigenvalue weighted by molar-refractivity contribution is 6.42. The van der Waals surface area contributed by atoms with Gasteiger partial charge in [-0.2, -0.15) is 0 Å². The fraction of sp³-hybridized carbons (Fsp3) is 0.538. The van der Waals surface area contributed by atoms with Crippen LogP contribution in [0.25, 0.3) is 0 Å². The summed E-state index contributed by atoms with van der Waals surface area (Å²) in [5, 5.41) is 4.76. The minimum absolute atomic E-state index is 0.284. The molecule has 90 valence electrons. The number of hydrogen-bond acceptors (Lipinski definition) is 1. The fourth-order valence-electron chi connectivity index (χ4n) is 1.46. The second kappa shape index (κ2) is 5.90. The van der Waals surface area contributed by atoms with Crippen molar-refractivity contribution < 1.29 is 0 Å². The lowest BCUT2D eigenvalue weighted by atomic mass is 10.0. The van der Waals surface area contributed by atoms with Gasteiger partial charge in [0.15, 0.2) is 0 Å². The molecular formula is C13H19Cl2N. The summed E-state index contributed by atoms with van der Waals surface area (Å²) in [5.74, 6) is 0.616. The van der Waals surface area contributed by atoms with Crippen molar-refractivity contribution in [1.82, 2.24) is 5.32 Å². The highest BCUT2D eigenvalue weighted by Crippen LogP contribution is 2.25. The molecule has 16 heavy (non-hydrogen) atoms. The SMILES string of the molecule is CC(NC(C)C(C)C)c1ccc(Cl)c(Cl)c1. The molecule has 0 amide bonds. The minimum atomic E-state index is 0.284. The molecule has 1 nitrogen and oxygen atoms in total. The van der Waals surface area contributed by atoms with E-state index in [-0.39, 0.29) is 6.04 Å². The van der Waals surface area contributed by atoms with Gasteiger partial charge in [0.1, 0.15) is 0 Å². The van der Waals surface area contributed by atoms with Crippen LogP contribution in [0.3, 0.4) is 0 Å². The van der Waals surface area contributed by atoms with Crippen molar-refractivity contribution in [2.75, 3.05) is 0 Å². The third-order valence-electron chi connectivity index (χ3n) is 2.96. The summed E-state index contributed by atoms with van der Waals surface area (Å²) in [6.07, 6.45) is 0. The van der Waals surface area contributed by atoms with Gasteiger partial charge in [0.25, 0.3) is 0 Å². The Labute approximate surface area is 108 Å². The van der Waals surface area contributed by atoms with Crippen LogP contribution in [0.1, 0.15) is 39.3 Å². The van der Waals surface area contributed by atoms with Gasteiger partial charge in [-0.1, -0.05) is 43.1 Å². The first-order valence-electron chi connectivity index (χ1n) is 5.62. The molecular weight excluding hydrogens is 241 g/mol. The molecule has 0 heterocycles. The van der Waals surface area contributed by atoms with Crippen LogP contribution in [0, 0.1) is 5.92 Å². The van der Waals surface area contributed by atoms with E-state index >= 15 is 0 Å². The van der Waals surface area contributed by atoms with E-state index in [9.17, 15) is 0 Å². The van der Waals surface area contributed by atoms with E-state index in [1.165, 1.54) is 5.56 Å². The van der Waals surface area contributed by atoms with Gasteiger partial charge in [0.2, 0.25) is 0 Å². The zero-order chi connectivity index (χ0) is 12.3. The highest BCUT2D eigenvalue weighted by Gasteiger charge is 2.12. The zero-order valence-electron chi connectivity index (χ0n) is 10.2. The average Bonchev–Trinajstić information content (AvgIpc) is 2.21. The van der Waals surface area contributed by atoms with Crippen LogP contribution in [0.4, 0.5) is 0 Å². The zero-order valence-corrected chi connectivity index (χ0v) is 11.7. The maximum Gasteiger partial charge on any atom is 0.0595 e. The molecule has 2 unspecified atom stereocenters. The Balaban J connectivity index is 2.73. The van der Waals surface area contributed by atoms with Crippen molar-refractivity contribution in [2.45, 2.75) is 39.8 Å². The molecule has 1 rings (SSSR count). The van der Waals surface area contributed by atoms with Crippen LogP contribution >= 0.6 is 23.2 Å². The Morgan fingerprint density at radius 1 is 1.00 bits per heavy atom. The summed E-state index contributed by atoms with van der Waals surface area (Å²) in [6, 6.07) is 6.54. The molecule has 1 N–H and O–H groups in total. The summed E-state index contributed by atoms with van der Waals surface area (Å²) in [6.45, 7) is 8.75. The molecule has 2 atom stereocenters. The number of benzene rings is 1. The Hall–Kier alpha value is -0.240. The van der Waals surface area contributed by atoms with E-state index in [4.69, 9.17) is 23.2 Å². The molecule has 1 aromatic rings. The Morgan fingerprint density at radius 3 is 2.12 bits per heavy atom. The molecule has 3 heteroatoms. The van der Waals surface area contributed by atoms with Crippen molar-refractivity contribution in [2.24, 2.45) is 5.92 Å². The van der Waals surface area contributed by atoms with Gasteiger partial charge in [-0.3, -0.25) is 0 Å². The minimum Gasteiger partial charge on any atom is -0.307 e.